The fourth-order valence-corrected chi connectivity index (χ4v) is 8.39. The Bertz CT molecular complexity index is 2290. The summed E-state index contributed by atoms with van der Waals surface area (Å²) in [6, 6.07) is 50.8. The van der Waals surface area contributed by atoms with Gasteiger partial charge in [0.05, 0.1) is 0 Å². The van der Waals surface area contributed by atoms with Crippen LogP contribution in [-0.4, -0.2) is 14.8 Å². The van der Waals surface area contributed by atoms with E-state index in [1.54, 1.807) is 0 Å². The zero-order valence-electron chi connectivity index (χ0n) is 34.8. The molecule has 0 saturated heterocycles. The summed E-state index contributed by atoms with van der Waals surface area (Å²) in [5.41, 5.74) is 9.07. The highest BCUT2D eigenvalue weighted by Gasteiger charge is 2.34. The van der Waals surface area contributed by atoms with Crippen molar-refractivity contribution in [1.29, 1.82) is 0 Å². The number of aromatic nitrogens is 2. The van der Waals surface area contributed by atoms with Gasteiger partial charge in [-0.3, -0.25) is 0 Å². The van der Waals surface area contributed by atoms with Gasteiger partial charge in [0, 0.05) is 43.9 Å². The number of hydrogen-bond acceptors (Lipinski definition) is 2. The van der Waals surface area contributed by atoms with E-state index in [9.17, 15) is 10.2 Å². The maximum atomic E-state index is 12.1. The van der Waals surface area contributed by atoms with Crippen molar-refractivity contribution in [3.05, 3.63) is 220 Å². The molecule has 7 rings (SSSR count). The molecule has 0 spiro atoms. The first-order chi connectivity index (χ1) is 27.1. The number of hydrogen-bond donors (Lipinski definition) is 2. The first-order valence-corrected chi connectivity index (χ1v) is 20.1. The van der Waals surface area contributed by atoms with Crippen molar-refractivity contribution in [2.24, 2.45) is 0 Å². The van der Waals surface area contributed by atoms with Crippen LogP contribution in [0.1, 0.15) is 111 Å². The van der Waals surface area contributed by atoms with Gasteiger partial charge in [-0.1, -0.05) is 189 Å². The van der Waals surface area contributed by atoms with E-state index in [2.05, 4.69) is 217 Å². The second-order valence-corrected chi connectivity index (χ2v) is 17.8. The molecule has 0 aliphatic carbocycles. The summed E-state index contributed by atoms with van der Waals surface area (Å²) < 4.78 is 4.24. The normalized spacial score (nSPS) is 12.5. The Kier molecular flexibility index (Phi) is 10.5. The zero-order valence-corrected chi connectivity index (χ0v) is 34.8. The molecular weight excluding hydrogens is 697 g/mol. The first kappa shape index (κ1) is 39.4. The largest absolute Gasteiger partial charge is 0.507 e. The van der Waals surface area contributed by atoms with E-state index in [0.29, 0.717) is 24.6 Å². The molecule has 6 aromatic carbocycles. The minimum absolute atomic E-state index is 0.302. The maximum absolute atomic E-state index is 12.1. The van der Waals surface area contributed by atoms with Crippen LogP contribution >= 0.6 is 0 Å². The molecule has 4 nitrogen and oxygen atoms in total. The lowest BCUT2D eigenvalue weighted by Crippen LogP contribution is -2.33. The van der Waals surface area contributed by atoms with Gasteiger partial charge in [0.2, 0.25) is 6.33 Å². The molecule has 0 aliphatic rings. The quantitative estimate of drug-likeness (QED) is 0.122. The zero-order chi connectivity index (χ0) is 40.6. The van der Waals surface area contributed by atoms with Crippen LogP contribution < -0.4 is 4.57 Å². The Balaban J connectivity index is 1.28. The lowest BCUT2D eigenvalue weighted by Gasteiger charge is -2.32. The van der Waals surface area contributed by atoms with Crippen LogP contribution in [-0.2, 0) is 34.7 Å². The lowest BCUT2D eigenvalue weighted by atomic mass is 9.72. The summed E-state index contributed by atoms with van der Waals surface area (Å²) >= 11 is 0. The van der Waals surface area contributed by atoms with Gasteiger partial charge in [0.15, 0.2) is 0 Å². The molecule has 0 fully saturated rings. The highest BCUT2D eigenvalue weighted by Crippen LogP contribution is 2.45. The monoisotopic (exact) mass is 753 g/mol. The Morgan fingerprint density at radius 3 is 1.19 bits per heavy atom. The van der Waals surface area contributed by atoms with Gasteiger partial charge in [-0.15, -0.1) is 0 Å². The fourth-order valence-electron chi connectivity index (χ4n) is 8.39. The summed E-state index contributed by atoms with van der Waals surface area (Å²) in [6.45, 7) is 18.8. The molecule has 0 saturated carbocycles. The van der Waals surface area contributed by atoms with Gasteiger partial charge in [0.1, 0.15) is 37.0 Å². The topological polar surface area (TPSA) is 49.3 Å². The van der Waals surface area contributed by atoms with Gasteiger partial charge in [-0.25, -0.2) is 9.13 Å². The molecule has 0 aliphatic heterocycles. The van der Waals surface area contributed by atoms with Crippen molar-refractivity contribution in [2.75, 3.05) is 0 Å². The molecule has 57 heavy (non-hydrogen) atoms. The number of benzene rings is 6. The van der Waals surface area contributed by atoms with Crippen molar-refractivity contribution >= 4 is 0 Å². The Hall–Kier alpha value is -5.87. The van der Waals surface area contributed by atoms with E-state index in [4.69, 9.17) is 0 Å². The third-order valence-electron chi connectivity index (χ3n) is 12.6. The molecule has 7 aromatic rings. The van der Waals surface area contributed by atoms with Crippen LogP contribution in [0.2, 0.25) is 0 Å². The number of aromatic hydroxyl groups is 2. The van der Waals surface area contributed by atoms with E-state index in [1.807, 2.05) is 12.1 Å². The summed E-state index contributed by atoms with van der Waals surface area (Å²) in [7, 11) is 0. The summed E-state index contributed by atoms with van der Waals surface area (Å²) in [5.74, 6) is 0.635. The van der Waals surface area contributed by atoms with Crippen LogP contribution in [0, 0.1) is 0 Å². The lowest BCUT2D eigenvalue weighted by molar-refractivity contribution is -0.687. The highest BCUT2D eigenvalue weighted by atomic mass is 16.3. The van der Waals surface area contributed by atoms with E-state index >= 15 is 0 Å². The van der Waals surface area contributed by atoms with Crippen molar-refractivity contribution in [3.63, 3.8) is 0 Å². The second-order valence-electron chi connectivity index (χ2n) is 17.8. The van der Waals surface area contributed by atoms with E-state index < -0.39 is 10.8 Å². The smallest absolute Gasteiger partial charge is 0.244 e. The van der Waals surface area contributed by atoms with Gasteiger partial charge in [-0.05, 0) is 45.5 Å². The number of nitrogens with zero attached hydrogens (tertiary/aromatic N) is 2. The molecule has 4 heteroatoms. The highest BCUT2D eigenvalue weighted by molar-refractivity contribution is 5.56. The van der Waals surface area contributed by atoms with Gasteiger partial charge >= 0.3 is 0 Å². The van der Waals surface area contributed by atoms with Crippen molar-refractivity contribution in [1.82, 2.24) is 4.57 Å². The number of phenols is 2. The summed E-state index contributed by atoms with van der Waals surface area (Å²) in [4.78, 5) is 0. The van der Waals surface area contributed by atoms with Gasteiger partial charge in [-0.2, -0.15) is 0 Å². The molecule has 0 atom stereocenters. The summed E-state index contributed by atoms with van der Waals surface area (Å²) in [5, 5.41) is 24.3. The van der Waals surface area contributed by atoms with Crippen molar-refractivity contribution in [3.8, 4) is 11.5 Å². The van der Waals surface area contributed by atoms with Crippen molar-refractivity contribution in [2.45, 2.75) is 90.1 Å². The van der Waals surface area contributed by atoms with Crippen LogP contribution in [0.4, 0.5) is 0 Å². The molecular formula is C53H57N2O2+. The molecule has 0 unspecified atom stereocenters. The number of imidazole rings is 1. The molecule has 0 radical (unpaired) electrons. The SMILES string of the molecule is CC(C)(c1ccccc1)c1cc(Cn2cc[n+](Cc3cc(C(C)(C)c4ccccc4)cc(C(C)(C)c4ccccc4)c3O)c2)c(O)c(C(C)(C)c2ccccc2)c1. The molecule has 0 bridgehead atoms. The minimum atomic E-state index is -0.444. The molecule has 1 aromatic heterocycles. The number of rotatable bonds is 12. The van der Waals surface area contributed by atoms with E-state index in [0.717, 1.165) is 44.5 Å². The van der Waals surface area contributed by atoms with Gasteiger partial charge in [0.25, 0.3) is 0 Å². The van der Waals surface area contributed by atoms with Crippen LogP contribution in [0.25, 0.3) is 0 Å². The third kappa shape index (κ3) is 7.66. The second kappa shape index (κ2) is 15.2. The molecule has 1 heterocycles. The maximum Gasteiger partial charge on any atom is 0.244 e. The average Bonchev–Trinajstić information content (AvgIpc) is 3.66. The van der Waals surface area contributed by atoms with Crippen molar-refractivity contribution < 1.29 is 14.8 Å². The minimum Gasteiger partial charge on any atom is -0.507 e. The fraction of sp³-hybridized carbons (Fsp3) is 0.264. The average molecular weight is 754 g/mol. The number of phenolic OH excluding ortho intramolecular Hbond substituents is 2. The predicted octanol–water partition coefficient (Wildman–Crippen LogP) is 11.6. The van der Waals surface area contributed by atoms with Crippen LogP contribution in [0.3, 0.4) is 0 Å². The molecule has 2 N–H and O–H groups in total. The van der Waals surface area contributed by atoms with Gasteiger partial charge < -0.3 is 10.2 Å². The Morgan fingerprint density at radius 2 is 0.789 bits per heavy atom. The first-order valence-electron chi connectivity index (χ1n) is 20.1. The Labute approximate surface area is 339 Å². The van der Waals surface area contributed by atoms with Crippen LogP contribution in [0.5, 0.6) is 11.5 Å². The molecule has 0 amide bonds. The summed E-state index contributed by atoms with van der Waals surface area (Å²) in [6.07, 6.45) is 6.19. The predicted molar refractivity (Wildman–Crippen MR) is 233 cm³/mol. The standard InChI is InChI=1S/C53H56N2O2/c1-50(2,40-21-13-9-14-22-40)44-31-38(48(56)46(33-44)52(5,6)42-25-17-11-18-26-42)35-54-29-30-55(37-54)36-39-32-45(51(3,4)41-23-15-10-16-24-41)34-47(49(39)57)53(7,8)43-27-19-12-20-28-43/h9-34,37H,35-36H2,1-8H3,(H-,56,57)/p+1. The van der Waals surface area contributed by atoms with E-state index in [1.165, 1.54) is 11.1 Å². The van der Waals surface area contributed by atoms with Crippen LogP contribution in [0.15, 0.2) is 164 Å². The third-order valence-corrected chi connectivity index (χ3v) is 12.6. The van der Waals surface area contributed by atoms with E-state index in [-0.39, 0.29) is 10.8 Å². The Morgan fingerprint density at radius 1 is 0.439 bits per heavy atom. The molecule has 290 valence electrons.